The van der Waals surface area contributed by atoms with Gasteiger partial charge in [-0.2, -0.15) is 11.8 Å². The summed E-state index contributed by atoms with van der Waals surface area (Å²) < 4.78 is 5.50. The summed E-state index contributed by atoms with van der Waals surface area (Å²) in [5, 5.41) is 7.89. The van der Waals surface area contributed by atoms with Crippen LogP contribution in [0.5, 0.6) is 0 Å². The van der Waals surface area contributed by atoms with Gasteiger partial charge >= 0.3 is 6.09 Å². The minimum Gasteiger partial charge on any atom is -0.444 e. The highest BCUT2D eigenvalue weighted by molar-refractivity contribution is 7.98. The molecule has 0 aliphatic rings. The Morgan fingerprint density at radius 1 is 0.977 bits per heavy atom. The van der Waals surface area contributed by atoms with Gasteiger partial charge in [-0.25, -0.2) is 4.79 Å². The number of fused-ring (bicyclic) bond motifs is 1. The lowest BCUT2D eigenvalue weighted by atomic mass is 9.91. The lowest BCUT2D eigenvalue weighted by Gasteiger charge is -2.44. The largest absolute Gasteiger partial charge is 0.444 e. The third-order valence-corrected chi connectivity index (χ3v) is 7.92. The van der Waals surface area contributed by atoms with Gasteiger partial charge in [-0.3, -0.25) is 9.59 Å². The minimum atomic E-state index is -1.02. The van der Waals surface area contributed by atoms with Crippen molar-refractivity contribution < 1.29 is 19.1 Å². The second kappa shape index (κ2) is 14.5. The van der Waals surface area contributed by atoms with Crippen LogP contribution in [0.2, 0.25) is 0 Å². The van der Waals surface area contributed by atoms with E-state index in [-0.39, 0.29) is 11.8 Å². The number of rotatable bonds is 11. The van der Waals surface area contributed by atoms with E-state index in [9.17, 15) is 14.4 Å². The molecule has 0 saturated heterocycles. The molecule has 0 aliphatic carbocycles. The quantitative estimate of drug-likeness (QED) is 0.228. The zero-order valence-corrected chi connectivity index (χ0v) is 27.0. The van der Waals surface area contributed by atoms with Gasteiger partial charge in [0.05, 0.1) is 0 Å². The summed E-state index contributed by atoms with van der Waals surface area (Å²) in [5.41, 5.74) is 0.380. The number of nitrogens with zero attached hydrogens (tertiary/aromatic N) is 1. The van der Waals surface area contributed by atoms with Crippen LogP contribution in [0.25, 0.3) is 10.8 Å². The number of carbonyl (C=O) groups is 3. The van der Waals surface area contributed by atoms with Gasteiger partial charge in [0, 0.05) is 16.8 Å². The fraction of sp³-hybridized carbons (Fsp3) is 0.400. The first kappa shape index (κ1) is 33.5. The molecule has 0 spiro atoms. The van der Waals surface area contributed by atoms with E-state index >= 15 is 0 Å². The lowest BCUT2D eigenvalue weighted by Crippen LogP contribution is -2.59. The molecule has 0 aromatic heterocycles. The van der Waals surface area contributed by atoms with Crippen LogP contribution in [-0.2, 0) is 14.3 Å². The molecule has 3 rings (SSSR count). The Labute approximate surface area is 260 Å². The van der Waals surface area contributed by atoms with Gasteiger partial charge < -0.3 is 20.3 Å². The van der Waals surface area contributed by atoms with Crippen LogP contribution in [0.3, 0.4) is 0 Å². The molecule has 8 heteroatoms. The van der Waals surface area contributed by atoms with Crippen molar-refractivity contribution >= 4 is 46.1 Å². The van der Waals surface area contributed by atoms with E-state index in [2.05, 4.69) is 16.6 Å². The monoisotopic (exact) mass is 601 g/mol. The van der Waals surface area contributed by atoms with E-state index in [1.165, 1.54) is 0 Å². The summed E-state index contributed by atoms with van der Waals surface area (Å²) in [5.74, 6) is 2.49. The molecule has 7 nitrogen and oxygen atoms in total. The van der Waals surface area contributed by atoms with Crippen LogP contribution in [0.4, 0.5) is 10.5 Å². The highest BCUT2D eigenvalue weighted by Crippen LogP contribution is 2.34. The van der Waals surface area contributed by atoms with Crippen molar-refractivity contribution in [3.63, 3.8) is 0 Å². The molecule has 0 radical (unpaired) electrons. The average molecular weight is 602 g/mol. The van der Waals surface area contributed by atoms with Gasteiger partial charge in [0.25, 0.3) is 5.91 Å². The molecule has 2 N–H and O–H groups in total. The summed E-state index contributed by atoms with van der Waals surface area (Å²) in [6, 6.07) is 18.8. The second-order valence-electron chi connectivity index (χ2n) is 12.1. The van der Waals surface area contributed by atoms with E-state index in [1.807, 2.05) is 69.5 Å². The van der Waals surface area contributed by atoms with Crippen molar-refractivity contribution in [3.05, 3.63) is 77.9 Å². The Kier molecular flexibility index (Phi) is 11.3. The van der Waals surface area contributed by atoms with Gasteiger partial charge in [-0.1, -0.05) is 55.3 Å². The lowest BCUT2D eigenvalue weighted by molar-refractivity contribution is -0.147. The summed E-state index contributed by atoms with van der Waals surface area (Å²) in [4.78, 5) is 43.3. The molecular weight excluding hydrogens is 558 g/mol. The van der Waals surface area contributed by atoms with Crippen LogP contribution >= 0.6 is 11.8 Å². The number of thioether (sulfide) groups is 1. The van der Waals surface area contributed by atoms with E-state index in [4.69, 9.17) is 11.2 Å². The molecule has 2 unspecified atom stereocenters. The van der Waals surface area contributed by atoms with Crippen molar-refractivity contribution in [1.82, 2.24) is 10.2 Å². The molecule has 0 aliphatic heterocycles. The zero-order chi connectivity index (χ0) is 31.8. The number of carbonyl (C=O) groups excluding carboxylic acids is 3. The number of terminal acetylenes is 1. The summed E-state index contributed by atoms with van der Waals surface area (Å²) in [7, 11) is 0. The maximum atomic E-state index is 14.6. The highest BCUT2D eigenvalue weighted by atomic mass is 32.2. The van der Waals surface area contributed by atoms with Crippen molar-refractivity contribution in [2.45, 2.75) is 77.6 Å². The average Bonchev–Trinajstić information content (AvgIpc) is 2.96. The van der Waals surface area contributed by atoms with Crippen molar-refractivity contribution in [1.29, 1.82) is 0 Å². The van der Waals surface area contributed by atoms with Gasteiger partial charge in [-0.15, -0.1) is 6.42 Å². The Bertz CT molecular complexity index is 1470. The molecule has 0 fully saturated rings. The predicted molar refractivity (Wildman–Crippen MR) is 177 cm³/mol. The van der Waals surface area contributed by atoms with E-state index in [1.54, 1.807) is 61.7 Å². The van der Waals surface area contributed by atoms with Crippen LogP contribution in [0.1, 0.15) is 71.6 Å². The third-order valence-electron chi connectivity index (χ3n) is 7.27. The predicted octanol–water partition coefficient (Wildman–Crippen LogP) is 7.16. The molecule has 3 amide bonds. The van der Waals surface area contributed by atoms with Gasteiger partial charge in [0.2, 0.25) is 5.91 Å². The van der Waals surface area contributed by atoms with Crippen LogP contribution in [-0.4, -0.2) is 52.0 Å². The first-order chi connectivity index (χ1) is 20.3. The maximum Gasteiger partial charge on any atom is 0.408 e. The number of hydrogen-bond donors (Lipinski definition) is 2. The number of anilines is 1. The maximum absolute atomic E-state index is 14.6. The third kappa shape index (κ3) is 9.01. The molecule has 0 bridgehead atoms. The Morgan fingerprint density at radius 3 is 2.21 bits per heavy atom. The molecule has 228 valence electrons. The smallest absolute Gasteiger partial charge is 0.408 e. The molecule has 3 aromatic carbocycles. The first-order valence-electron chi connectivity index (χ1n) is 14.5. The van der Waals surface area contributed by atoms with Crippen molar-refractivity contribution in [3.8, 4) is 12.3 Å². The van der Waals surface area contributed by atoms with E-state index < -0.39 is 29.3 Å². The number of alkyl carbamates (subject to hydrolysis) is 1. The molecule has 0 saturated carbocycles. The van der Waals surface area contributed by atoms with E-state index in [0.29, 0.717) is 35.4 Å². The summed E-state index contributed by atoms with van der Waals surface area (Å²) in [6.07, 6.45) is 7.79. The number of amides is 3. The van der Waals surface area contributed by atoms with Gasteiger partial charge in [0.15, 0.2) is 0 Å². The molecule has 3 aromatic rings. The van der Waals surface area contributed by atoms with Gasteiger partial charge in [-0.05, 0) is 100 Å². The van der Waals surface area contributed by atoms with Gasteiger partial charge in [0.1, 0.15) is 17.7 Å². The summed E-state index contributed by atoms with van der Waals surface area (Å²) in [6.45, 7) is 11.1. The number of nitrogens with one attached hydrogen (secondary N) is 2. The SMILES string of the molecule is C#Cc1ccc(C(C(=O)Nc2ccc3ccccc3c2)N(C(=O)C(CCSC)NC(=O)OC(C)(C)C)C(C)(C)CC)cc1. The standard InChI is InChI=1S/C35H43N3O4S/c1-9-24-15-17-26(18-16-24)30(31(39)36-28-20-19-25-13-11-12-14-27(25)23-28)38(35(6,7)10-2)32(40)29(21-22-43-8)37-33(41)42-34(3,4)5/h1,11-20,23,29-30H,10,21-22H2,2-8H3,(H,36,39)(H,37,41). The minimum absolute atomic E-state index is 0.366. The van der Waals surface area contributed by atoms with Crippen molar-refractivity contribution in [2.75, 3.05) is 17.3 Å². The molecule has 2 atom stereocenters. The fourth-order valence-corrected chi connectivity index (χ4v) is 5.18. The normalized spacial score (nSPS) is 13.0. The highest BCUT2D eigenvalue weighted by Gasteiger charge is 2.43. The Balaban J connectivity index is 2.10. The Morgan fingerprint density at radius 2 is 1.63 bits per heavy atom. The van der Waals surface area contributed by atoms with E-state index in [0.717, 1.165) is 10.8 Å². The van der Waals surface area contributed by atoms with Crippen molar-refractivity contribution in [2.24, 2.45) is 0 Å². The summed E-state index contributed by atoms with van der Waals surface area (Å²) >= 11 is 1.57. The number of benzene rings is 3. The van der Waals surface area contributed by atoms with Crippen LogP contribution < -0.4 is 10.6 Å². The topological polar surface area (TPSA) is 87.7 Å². The Hall–Kier alpha value is -3.96. The molecular formula is C35H43N3O4S. The molecule has 43 heavy (non-hydrogen) atoms. The second-order valence-corrected chi connectivity index (χ2v) is 13.1. The van der Waals surface area contributed by atoms with Crippen LogP contribution in [0, 0.1) is 12.3 Å². The first-order valence-corrected chi connectivity index (χ1v) is 15.9. The number of hydrogen-bond acceptors (Lipinski definition) is 5. The number of ether oxygens (including phenoxy) is 1. The molecule has 0 heterocycles. The van der Waals surface area contributed by atoms with Crippen LogP contribution in [0.15, 0.2) is 66.7 Å². The fourth-order valence-electron chi connectivity index (χ4n) is 4.71. The zero-order valence-electron chi connectivity index (χ0n) is 26.2.